The van der Waals surface area contributed by atoms with Crippen LogP contribution in [0.25, 0.3) is 0 Å². The first-order valence-electron chi connectivity index (χ1n) is 3.87. The second-order valence-corrected chi connectivity index (χ2v) is 21.3. The first kappa shape index (κ1) is 11.2. The van der Waals surface area contributed by atoms with Gasteiger partial charge in [-0.1, -0.05) is 0 Å². The van der Waals surface area contributed by atoms with E-state index in [4.69, 9.17) is 0 Å². The summed E-state index contributed by atoms with van der Waals surface area (Å²) in [6, 6.07) is 0. The van der Waals surface area contributed by atoms with Gasteiger partial charge in [0.1, 0.15) is 0 Å². The molecule has 0 amide bonds. The van der Waals surface area contributed by atoms with Crippen molar-refractivity contribution < 1.29 is 0 Å². The third-order valence-electron chi connectivity index (χ3n) is 1.73. The second-order valence-electron chi connectivity index (χ2n) is 5.17. The third-order valence-corrected chi connectivity index (χ3v) is 25.2. The second kappa shape index (κ2) is 3.31. The molecule has 3 heteroatoms. The standard InChI is InChI=1S/C7H19Si2.Sn/c1-8(2,3)7-9(4,5)6;/h7H,1-6H3;. The molecule has 0 rings (SSSR count). The van der Waals surface area contributed by atoms with Gasteiger partial charge < -0.3 is 0 Å². The van der Waals surface area contributed by atoms with Crippen molar-refractivity contribution in [2.24, 2.45) is 0 Å². The van der Waals surface area contributed by atoms with Crippen molar-refractivity contribution >= 4 is 38.7 Å². The van der Waals surface area contributed by atoms with E-state index in [2.05, 4.69) is 39.3 Å². The van der Waals surface area contributed by atoms with Gasteiger partial charge in [-0.15, -0.1) is 0 Å². The Labute approximate surface area is 80.9 Å². The fourth-order valence-electron chi connectivity index (χ4n) is 1.30. The van der Waals surface area contributed by atoms with Crippen LogP contribution in [0.3, 0.4) is 0 Å². The summed E-state index contributed by atoms with van der Waals surface area (Å²) in [5, 5.41) is 0. The molecule has 0 unspecified atom stereocenters. The van der Waals surface area contributed by atoms with Crippen LogP contribution in [0.5, 0.6) is 0 Å². The number of hydrogen-bond acceptors (Lipinski definition) is 0. The summed E-state index contributed by atoms with van der Waals surface area (Å²) < 4.78 is 1.13. The Hall–Kier alpha value is 1.23. The van der Waals surface area contributed by atoms with Crippen molar-refractivity contribution in [1.82, 2.24) is 0 Å². The maximum atomic E-state index is 2.50. The summed E-state index contributed by atoms with van der Waals surface area (Å²) in [6.07, 6.45) is 0. The van der Waals surface area contributed by atoms with E-state index in [9.17, 15) is 0 Å². The molecule has 59 valence electrons. The molecule has 0 aromatic carbocycles. The van der Waals surface area contributed by atoms with Crippen LogP contribution in [0, 0.1) is 0 Å². The van der Waals surface area contributed by atoms with Crippen LogP contribution < -0.4 is 0 Å². The van der Waals surface area contributed by atoms with E-state index in [1.807, 2.05) is 0 Å². The number of rotatable bonds is 2. The maximum absolute atomic E-state index is 2.50. The summed E-state index contributed by atoms with van der Waals surface area (Å²) in [5.41, 5.74) is 0. The summed E-state index contributed by atoms with van der Waals surface area (Å²) in [6.45, 7) is 15.0. The first-order chi connectivity index (χ1) is 4.15. The summed E-state index contributed by atoms with van der Waals surface area (Å²) in [4.78, 5) is 0. The van der Waals surface area contributed by atoms with Gasteiger partial charge in [-0.25, -0.2) is 0 Å². The summed E-state index contributed by atoms with van der Waals surface area (Å²) in [5.74, 6) is 0. The van der Waals surface area contributed by atoms with Crippen molar-refractivity contribution in [2.45, 2.75) is 42.5 Å². The van der Waals surface area contributed by atoms with Gasteiger partial charge >= 0.3 is 81.1 Å². The molecule has 3 radical (unpaired) electrons. The van der Waals surface area contributed by atoms with Gasteiger partial charge in [0.25, 0.3) is 0 Å². The molecule has 0 aromatic heterocycles. The van der Waals surface area contributed by atoms with Crippen molar-refractivity contribution in [3.8, 4) is 0 Å². The Morgan fingerprint density at radius 1 is 0.800 bits per heavy atom. The van der Waals surface area contributed by atoms with E-state index < -0.39 is 16.1 Å². The van der Waals surface area contributed by atoms with Crippen molar-refractivity contribution in [3.05, 3.63) is 0 Å². The van der Waals surface area contributed by atoms with Crippen LogP contribution >= 0.6 is 0 Å². The topological polar surface area (TPSA) is 0 Å². The third kappa shape index (κ3) is 3.57. The fourth-order valence-corrected chi connectivity index (χ4v) is 11.7. The molecule has 0 saturated heterocycles. The molecular weight excluding hydrogens is 259 g/mol. The average Bonchev–Trinajstić information content (AvgIpc) is 1.59. The van der Waals surface area contributed by atoms with Gasteiger partial charge in [0.2, 0.25) is 0 Å². The Bertz CT molecular complexity index is 95.8. The zero-order valence-electron chi connectivity index (χ0n) is 8.08. The molecular formula is C7H19Si2Sn. The van der Waals surface area contributed by atoms with Crippen molar-refractivity contribution in [3.63, 3.8) is 0 Å². The van der Waals surface area contributed by atoms with Crippen molar-refractivity contribution in [1.29, 1.82) is 0 Å². The van der Waals surface area contributed by atoms with Gasteiger partial charge in [-0.05, 0) is 0 Å². The monoisotopic (exact) mass is 279 g/mol. The molecule has 10 heavy (non-hydrogen) atoms. The Morgan fingerprint density at radius 3 is 1.00 bits per heavy atom. The van der Waals surface area contributed by atoms with Crippen LogP contribution in [-0.2, 0) is 0 Å². The predicted molar refractivity (Wildman–Crippen MR) is 56.2 cm³/mol. The minimum absolute atomic E-state index is 0.794. The molecule has 0 spiro atoms. The Balaban J connectivity index is 4.23. The van der Waals surface area contributed by atoms with Gasteiger partial charge in [0, 0.05) is 0 Å². The zero-order valence-corrected chi connectivity index (χ0v) is 12.9. The molecule has 0 aliphatic heterocycles. The fraction of sp³-hybridized carbons (Fsp3) is 1.00. The molecule has 0 aliphatic rings. The van der Waals surface area contributed by atoms with Crippen LogP contribution in [-0.4, -0.2) is 38.7 Å². The molecule has 0 aliphatic carbocycles. The first-order valence-corrected chi connectivity index (χ1v) is 12.7. The van der Waals surface area contributed by atoms with E-state index >= 15 is 0 Å². The summed E-state index contributed by atoms with van der Waals surface area (Å²) in [7, 11) is -1.59. The predicted octanol–water partition coefficient (Wildman–Crippen LogP) is 2.70. The van der Waals surface area contributed by atoms with Gasteiger partial charge in [0.15, 0.2) is 0 Å². The Kier molecular flexibility index (Phi) is 3.72. The molecule has 0 bridgehead atoms. The average molecular weight is 278 g/mol. The minimum atomic E-state index is -0.794. The van der Waals surface area contributed by atoms with E-state index in [0.717, 1.165) is 3.18 Å². The van der Waals surface area contributed by atoms with E-state index in [1.54, 1.807) is 22.5 Å². The quantitative estimate of drug-likeness (QED) is 0.681. The SMILES string of the molecule is C[Si](C)(C)[CH]([Sn])[Si](C)(C)C. The van der Waals surface area contributed by atoms with Crippen LogP contribution in [0.2, 0.25) is 42.5 Å². The zero-order chi connectivity index (χ0) is 8.58. The van der Waals surface area contributed by atoms with Gasteiger partial charge in [0.05, 0.1) is 0 Å². The van der Waals surface area contributed by atoms with Crippen LogP contribution in [0.15, 0.2) is 0 Å². The molecule has 0 fully saturated rings. The van der Waals surface area contributed by atoms with E-state index in [-0.39, 0.29) is 0 Å². The van der Waals surface area contributed by atoms with E-state index in [0.29, 0.717) is 0 Å². The molecule has 0 aromatic rings. The van der Waals surface area contributed by atoms with Gasteiger partial charge in [-0.2, -0.15) is 0 Å². The van der Waals surface area contributed by atoms with E-state index in [1.165, 1.54) is 0 Å². The molecule has 0 heterocycles. The normalized spacial score (nSPS) is 14.4. The van der Waals surface area contributed by atoms with Crippen LogP contribution in [0.1, 0.15) is 0 Å². The van der Waals surface area contributed by atoms with Gasteiger partial charge in [-0.3, -0.25) is 0 Å². The number of hydrogen-bond donors (Lipinski definition) is 0. The Morgan fingerprint density at radius 2 is 1.00 bits per heavy atom. The molecule has 0 saturated carbocycles. The molecule has 0 N–H and O–H groups in total. The van der Waals surface area contributed by atoms with Crippen LogP contribution in [0.4, 0.5) is 0 Å². The molecule has 0 atom stereocenters. The van der Waals surface area contributed by atoms with Crippen molar-refractivity contribution in [2.75, 3.05) is 0 Å². The molecule has 0 nitrogen and oxygen atoms in total. The summed E-state index contributed by atoms with van der Waals surface area (Å²) >= 11 is 1.79.